The molecule has 0 radical (unpaired) electrons. The van der Waals surface area contributed by atoms with Crippen LogP contribution in [0.25, 0.3) is 55.6 Å². The highest BCUT2D eigenvalue weighted by atomic mass is 19.1. The summed E-state index contributed by atoms with van der Waals surface area (Å²) >= 11 is 0. The lowest BCUT2D eigenvalue weighted by molar-refractivity contribution is 0.154. The molecule has 0 unspecified atom stereocenters. The number of aromatic hydroxyl groups is 1. The number of benzene rings is 2. The molecule has 2 aromatic carbocycles. The van der Waals surface area contributed by atoms with Gasteiger partial charge < -0.3 is 14.8 Å². The summed E-state index contributed by atoms with van der Waals surface area (Å²) in [5.41, 5.74) is 6.33. The van der Waals surface area contributed by atoms with Gasteiger partial charge in [-0.1, -0.05) is 18.6 Å². The quantitative estimate of drug-likeness (QED) is 0.220. The molecule has 1 aliphatic carbocycles. The van der Waals surface area contributed by atoms with E-state index in [0.717, 1.165) is 74.7 Å². The number of halogens is 1. The van der Waals surface area contributed by atoms with Gasteiger partial charge in [-0.2, -0.15) is 5.10 Å². The first-order valence-electron chi connectivity index (χ1n) is 13.2. The number of hydrogen-bond acceptors (Lipinski definition) is 5. The molecule has 0 spiro atoms. The van der Waals surface area contributed by atoms with Crippen molar-refractivity contribution in [1.82, 2.24) is 25.1 Å². The number of nitrogens with one attached hydrogen (secondary N) is 2. The predicted molar refractivity (Wildman–Crippen MR) is 149 cm³/mol. The third kappa shape index (κ3) is 4.48. The highest BCUT2D eigenvalue weighted by Crippen LogP contribution is 2.36. The molecule has 7 rings (SSSR count). The van der Waals surface area contributed by atoms with Gasteiger partial charge in [0.1, 0.15) is 23.0 Å². The fourth-order valence-electron chi connectivity index (χ4n) is 5.54. The number of phenols is 1. The van der Waals surface area contributed by atoms with Gasteiger partial charge in [0, 0.05) is 34.1 Å². The monoisotopic (exact) mass is 519 g/mol. The molecule has 0 aliphatic heterocycles. The second kappa shape index (κ2) is 9.54. The van der Waals surface area contributed by atoms with Crippen molar-refractivity contribution >= 4 is 21.8 Å². The number of nitrogens with zero attached hydrogens (tertiary/aromatic N) is 3. The zero-order valence-electron chi connectivity index (χ0n) is 21.1. The molecule has 1 saturated carbocycles. The van der Waals surface area contributed by atoms with Gasteiger partial charge in [0.15, 0.2) is 0 Å². The van der Waals surface area contributed by atoms with E-state index in [1.807, 2.05) is 36.4 Å². The van der Waals surface area contributed by atoms with Crippen LogP contribution in [0.15, 0.2) is 73.2 Å². The van der Waals surface area contributed by atoms with Gasteiger partial charge in [-0.3, -0.25) is 15.1 Å². The lowest BCUT2D eigenvalue weighted by atomic mass is 9.98. The van der Waals surface area contributed by atoms with E-state index < -0.39 is 5.82 Å². The van der Waals surface area contributed by atoms with Crippen molar-refractivity contribution in [2.24, 2.45) is 0 Å². The number of rotatable bonds is 5. The molecule has 0 saturated heterocycles. The fourth-order valence-corrected chi connectivity index (χ4v) is 5.54. The summed E-state index contributed by atoms with van der Waals surface area (Å²) in [6.07, 6.45) is 11.4. The maximum atomic E-state index is 14.0. The Morgan fingerprint density at radius 3 is 2.64 bits per heavy atom. The van der Waals surface area contributed by atoms with E-state index in [2.05, 4.69) is 25.1 Å². The van der Waals surface area contributed by atoms with Crippen molar-refractivity contribution in [1.29, 1.82) is 0 Å². The largest absolute Gasteiger partial charge is 0.508 e. The summed E-state index contributed by atoms with van der Waals surface area (Å²) in [4.78, 5) is 12.5. The molecule has 0 amide bonds. The molecule has 194 valence electrons. The number of aromatic nitrogens is 5. The van der Waals surface area contributed by atoms with Crippen LogP contribution in [0.2, 0.25) is 0 Å². The van der Waals surface area contributed by atoms with Crippen molar-refractivity contribution in [2.75, 3.05) is 0 Å². The first kappa shape index (κ1) is 23.4. The summed E-state index contributed by atoms with van der Waals surface area (Å²) in [5.74, 6) is 0.165. The highest BCUT2D eigenvalue weighted by Gasteiger charge is 2.17. The average Bonchev–Trinajstić information content (AvgIpc) is 3.57. The van der Waals surface area contributed by atoms with E-state index >= 15 is 0 Å². The third-order valence-electron chi connectivity index (χ3n) is 7.42. The lowest BCUT2D eigenvalue weighted by Crippen LogP contribution is -2.19. The second-order valence-electron chi connectivity index (χ2n) is 10.1. The molecule has 7 nitrogen and oxygen atoms in total. The van der Waals surface area contributed by atoms with Crippen molar-refractivity contribution in [3.05, 3.63) is 79.0 Å². The molecule has 8 heteroatoms. The van der Waals surface area contributed by atoms with Crippen LogP contribution in [-0.2, 0) is 0 Å². The summed E-state index contributed by atoms with van der Waals surface area (Å²) in [5, 5.41) is 19.4. The minimum Gasteiger partial charge on any atom is -0.508 e. The molecular weight excluding hydrogens is 493 g/mol. The Balaban J connectivity index is 1.26. The first-order valence-corrected chi connectivity index (χ1v) is 13.2. The van der Waals surface area contributed by atoms with E-state index in [1.165, 1.54) is 25.3 Å². The van der Waals surface area contributed by atoms with Crippen molar-refractivity contribution in [3.63, 3.8) is 0 Å². The van der Waals surface area contributed by atoms with E-state index in [-0.39, 0.29) is 11.9 Å². The van der Waals surface area contributed by atoms with E-state index in [0.29, 0.717) is 5.56 Å². The van der Waals surface area contributed by atoms with E-state index in [9.17, 15) is 9.50 Å². The van der Waals surface area contributed by atoms with E-state index in [4.69, 9.17) is 4.74 Å². The molecule has 1 fully saturated rings. The molecule has 0 atom stereocenters. The minimum atomic E-state index is -0.487. The Hall–Kier alpha value is -4.72. The zero-order chi connectivity index (χ0) is 26.3. The highest BCUT2D eigenvalue weighted by molar-refractivity contribution is 6.01. The molecule has 3 N–H and O–H groups in total. The van der Waals surface area contributed by atoms with E-state index in [1.54, 1.807) is 24.7 Å². The Morgan fingerprint density at radius 2 is 1.77 bits per heavy atom. The van der Waals surface area contributed by atoms with Crippen molar-refractivity contribution in [3.8, 4) is 45.3 Å². The lowest BCUT2D eigenvalue weighted by Gasteiger charge is -2.22. The van der Waals surface area contributed by atoms with Crippen LogP contribution in [0.3, 0.4) is 0 Å². The first-order chi connectivity index (χ1) is 19.1. The summed E-state index contributed by atoms with van der Waals surface area (Å²) in [7, 11) is 0. The van der Waals surface area contributed by atoms with Crippen molar-refractivity contribution < 1.29 is 14.2 Å². The number of H-pyrrole nitrogens is 2. The zero-order valence-corrected chi connectivity index (χ0v) is 21.1. The number of hydrogen-bond donors (Lipinski definition) is 3. The van der Waals surface area contributed by atoms with Crippen molar-refractivity contribution in [2.45, 2.75) is 38.2 Å². The predicted octanol–water partition coefficient (Wildman–Crippen LogP) is 7.39. The van der Waals surface area contributed by atoms with Gasteiger partial charge in [0.2, 0.25) is 0 Å². The molecule has 6 aromatic rings. The second-order valence-corrected chi connectivity index (χ2v) is 10.1. The fraction of sp³-hybridized carbons (Fsp3) is 0.194. The number of pyridine rings is 2. The maximum absolute atomic E-state index is 14.0. The number of aromatic amines is 2. The Morgan fingerprint density at radius 1 is 0.872 bits per heavy atom. The standard InChI is InChI=1S/C31H26FN5O2/c32-20-9-18(10-21(38)12-20)24-7-4-8-27-25(24)13-29(35-27)31-26-14-28(34-17-30(26)36-37-31)19-11-23(16-33-15-19)39-22-5-2-1-3-6-22/h4,7-17,22,35,38H,1-3,5-6H2,(H,36,37). The number of fused-ring (bicyclic) bond motifs is 2. The molecular formula is C31H26FN5O2. The molecule has 39 heavy (non-hydrogen) atoms. The van der Waals surface area contributed by atoms with Crippen LogP contribution in [0.4, 0.5) is 4.39 Å². The van der Waals surface area contributed by atoms with Gasteiger partial charge >= 0.3 is 0 Å². The Bertz CT molecular complexity index is 1800. The average molecular weight is 520 g/mol. The Kier molecular flexibility index (Phi) is 5.73. The SMILES string of the molecule is Oc1cc(F)cc(-c2cccc3[nH]c(-c4n[nH]c5cnc(-c6cncc(OC7CCCCC7)c6)cc45)cc23)c1. The van der Waals surface area contributed by atoms with Crippen LogP contribution in [0.1, 0.15) is 32.1 Å². The van der Waals surface area contributed by atoms with Crippen LogP contribution in [-0.4, -0.2) is 36.4 Å². The number of phenolic OH excluding ortho intramolecular Hbond substituents is 1. The van der Waals surface area contributed by atoms with Crippen LogP contribution in [0, 0.1) is 5.82 Å². The summed E-state index contributed by atoms with van der Waals surface area (Å²) < 4.78 is 20.3. The minimum absolute atomic E-state index is 0.112. The normalized spacial score (nSPS) is 14.3. The smallest absolute Gasteiger partial charge is 0.138 e. The molecule has 1 aliphatic rings. The van der Waals surface area contributed by atoms with Gasteiger partial charge in [-0.15, -0.1) is 0 Å². The molecule has 4 heterocycles. The van der Waals surface area contributed by atoms with Gasteiger partial charge in [0.05, 0.1) is 35.4 Å². The number of ether oxygens (including phenoxy) is 1. The molecule has 4 aromatic heterocycles. The van der Waals surface area contributed by atoms with Gasteiger partial charge in [-0.05, 0) is 73.2 Å². The van der Waals surface area contributed by atoms with Crippen LogP contribution < -0.4 is 4.74 Å². The summed E-state index contributed by atoms with van der Waals surface area (Å²) in [6.45, 7) is 0. The van der Waals surface area contributed by atoms with Gasteiger partial charge in [0.25, 0.3) is 0 Å². The molecule has 0 bridgehead atoms. The maximum Gasteiger partial charge on any atom is 0.138 e. The van der Waals surface area contributed by atoms with Crippen LogP contribution in [0.5, 0.6) is 11.5 Å². The Labute approximate surface area is 223 Å². The topological polar surface area (TPSA) is 99.7 Å². The van der Waals surface area contributed by atoms with Gasteiger partial charge in [-0.25, -0.2) is 4.39 Å². The third-order valence-corrected chi connectivity index (χ3v) is 7.42. The summed E-state index contributed by atoms with van der Waals surface area (Å²) in [6, 6.07) is 15.9. The van der Waals surface area contributed by atoms with Crippen LogP contribution >= 0.6 is 0 Å².